The number of nitrogens with one attached hydrogen (secondary N) is 1. The lowest BCUT2D eigenvalue weighted by Crippen LogP contribution is -2.28. The number of aromatic nitrogens is 1. The summed E-state index contributed by atoms with van der Waals surface area (Å²) in [5.74, 6) is -1.29. The van der Waals surface area contributed by atoms with Gasteiger partial charge in [0.15, 0.2) is 5.69 Å². The second kappa shape index (κ2) is 8.09. The number of rotatable bonds is 7. The summed E-state index contributed by atoms with van der Waals surface area (Å²) in [4.78, 5) is 40.0. The predicted molar refractivity (Wildman–Crippen MR) is 89.8 cm³/mol. The fourth-order valence-electron chi connectivity index (χ4n) is 2.04. The van der Waals surface area contributed by atoms with E-state index in [-0.39, 0.29) is 23.2 Å². The number of pyridine rings is 1. The molecule has 1 aromatic rings. The molecule has 7 nitrogen and oxygen atoms in total. The number of aryl methyl sites for hydroxylation is 1. The highest BCUT2D eigenvalue weighted by molar-refractivity contribution is 5.95. The molecule has 1 atom stereocenters. The van der Waals surface area contributed by atoms with Crippen molar-refractivity contribution >= 4 is 17.8 Å². The van der Waals surface area contributed by atoms with E-state index < -0.39 is 18.2 Å². The smallest absolute Gasteiger partial charge is 0.360 e. The normalized spacial score (nSPS) is 14.8. The summed E-state index contributed by atoms with van der Waals surface area (Å²) in [6.45, 7) is 7.15. The molecule has 1 aliphatic carbocycles. The molecule has 1 unspecified atom stereocenters. The van der Waals surface area contributed by atoms with Crippen LogP contribution >= 0.6 is 0 Å². The maximum absolute atomic E-state index is 12.3. The Kier molecular flexibility index (Phi) is 6.12. The Bertz CT molecular complexity index is 667. The average Bonchev–Trinajstić information content (AvgIpc) is 3.36. The molecular weight excluding hydrogens is 324 g/mol. The molecule has 1 amide bonds. The second-order valence-electron chi connectivity index (χ2n) is 6.58. The molecular formula is C18H24N2O5. The molecule has 1 fully saturated rings. The fourth-order valence-corrected chi connectivity index (χ4v) is 2.04. The number of ether oxygens (including phenoxy) is 2. The predicted octanol–water partition coefficient (Wildman–Crippen LogP) is 2.23. The monoisotopic (exact) mass is 348 g/mol. The first-order valence-corrected chi connectivity index (χ1v) is 8.45. The van der Waals surface area contributed by atoms with Crippen LogP contribution in [0.5, 0.6) is 0 Å². The first-order valence-electron chi connectivity index (χ1n) is 8.45. The van der Waals surface area contributed by atoms with Crippen LogP contribution in [0.3, 0.4) is 0 Å². The lowest BCUT2D eigenvalue weighted by molar-refractivity contribution is -0.169. The summed E-state index contributed by atoms with van der Waals surface area (Å²) >= 11 is 0. The first kappa shape index (κ1) is 18.9. The van der Waals surface area contributed by atoms with Crippen molar-refractivity contribution in [3.05, 3.63) is 29.1 Å². The molecule has 1 saturated carbocycles. The minimum Gasteiger partial charge on any atom is -0.425 e. The standard InChI is InChI=1S/C18H24N2O5/c1-10(2)17(22)24-12(4)25-18(23)15-11(3)5-8-14(20-15)16(21)19-9-13-6-7-13/h5,8,10,12-13H,6-7,9H2,1-4H3,(H,19,21). The van der Waals surface area contributed by atoms with Crippen LogP contribution in [0.25, 0.3) is 0 Å². The molecule has 7 heteroatoms. The number of carbonyl (C=O) groups excluding carboxylic acids is 3. The number of carbonyl (C=O) groups is 3. The van der Waals surface area contributed by atoms with E-state index in [1.54, 1.807) is 32.9 Å². The zero-order valence-corrected chi connectivity index (χ0v) is 15.0. The van der Waals surface area contributed by atoms with Gasteiger partial charge in [0.05, 0.1) is 5.92 Å². The molecule has 1 heterocycles. The van der Waals surface area contributed by atoms with Crippen molar-refractivity contribution in [2.75, 3.05) is 6.54 Å². The molecule has 25 heavy (non-hydrogen) atoms. The Morgan fingerprint density at radius 2 is 1.88 bits per heavy atom. The zero-order chi connectivity index (χ0) is 18.6. The summed E-state index contributed by atoms with van der Waals surface area (Å²) in [7, 11) is 0. The third-order valence-corrected chi connectivity index (χ3v) is 3.80. The summed E-state index contributed by atoms with van der Waals surface area (Å²) in [5, 5.41) is 2.80. The highest BCUT2D eigenvalue weighted by atomic mass is 16.7. The Morgan fingerprint density at radius 3 is 2.48 bits per heavy atom. The van der Waals surface area contributed by atoms with Gasteiger partial charge in [-0.25, -0.2) is 9.78 Å². The Labute approximate surface area is 147 Å². The Morgan fingerprint density at radius 1 is 1.20 bits per heavy atom. The highest BCUT2D eigenvalue weighted by Gasteiger charge is 2.24. The van der Waals surface area contributed by atoms with E-state index in [1.807, 2.05) is 0 Å². The van der Waals surface area contributed by atoms with Crippen LogP contribution in [0, 0.1) is 18.8 Å². The molecule has 1 aliphatic rings. The van der Waals surface area contributed by atoms with Gasteiger partial charge in [0, 0.05) is 13.5 Å². The van der Waals surface area contributed by atoms with E-state index in [2.05, 4.69) is 10.3 Å². The quantitative estimate of drug-likeness (QED) is 0.600. The van der Waals surface area contributed by atoms with Gasteiger partial charge in [-0.05, 0) is 37.3 Å². The molecule has 2 rings (SSSR count). The summed E-state index contributed by atoms with van der Waals surface area (Å²) in [6, 6.07) is 3.21. The number of amides is 1. The average molecular weight is 348 g/mol. The van der Waals surface area contributed by atoms with Crippen molar-refractivity contribution < 1.29 is 23.9 Å². The first-order chi connectivity index (χ1) is 11.8. The summed E-state index contributed by atoms with van der Waals surface area (Å²) in [6.07, 6.45) is 1.23. The van der Waals surface area contributed by atoms with Crippen LogP contribution in [0.1, 0.15) is 60.2 Å². The van der Waals surface area contributed by atoms with Crippen LogP contribution < -0.4 is 5.32 Å². The van der Waals surface area contributed by atoms with Gasteiger partial charge in [-0.1, -0.05) is 19.9 Å². The minimum atomic E-state index is -1.03. The van der Waals surface area contributed by atoms with Gasteiger partial charge >= 0.3 is 11.9 Å². The van der Waals surface area contributed by atoms with Crippen LogP contribution in [0.15, 0.2) is 12.1 Å². The molecule has 0 radical (unpaired) electrons. The van der Waals surface area contributed by atoms with E-state index >= 15 is 0 Å². The van der Waals surface area contributed by atoms with Crippen molar-refractivity contribution in [3.8, 4) is 0 Å². The van der Waals surface area contributed by atoms with Crippen molar-refractivity contribution in [1.82, 2.24) is 10.3 Å². The maximum atomic E-state index is 12.3. The highest BCUT2D eigenvalue weighted by Crippen LogP contribution is 2.27. The topological polar surface area (TPSA) is 94.6 Å². The van der Waals surface area contributed by atoms with Gasteiger partial charge in [0.1, 0.15) is 5.69 Å². The number of nitrogens with zero attached hydrogens (tertiary/aromatic N) is 1. The van der Waals surface area contributed by atoms with Gasteiger partial charge in [0.25, 0.3) is 5.91 Å². The second-order valence-corrected chi connectivity index (χ2v) is 6.58. The van der Waals surface area contributed by atoms with Crippen LogP contribution in [-0.4, -0.2) is 35.7 Å². The lowest BCUT2D eigenvalue weighted by atomic mass is 10.2. The molecule has 0 aliphatic heterocycles. The van der Waals surface area contributed by atoms with Crippen molar-refractivity contribution in [2.24, 2.45) is 11.8 Å². The number of hydrogen-bond donors (Lipinski definition) is 1. The van der Waals surface area contributed by atoms with Gasteiger partial charge in [-0.3, -0.25) is 9.59 Å². The van der Waals surface area contributed by atoms with Crippen molar-refractivity contribution in [3.63, 3.8) is 0 Å². The molecule has 1 aromatic heterocycles. The molecule has 0 saturated heterocycles. The van der Waals surface area contributed by atoms with Gasteiger partial charge in [-0.2, -0.15) is 0 Å². The molecule has 0 spiro atoms. The Balaban J connectivity index is 2.01. The largest absolute Gasteiger partial charge is 0.425 e. The van der Waals surface area contributed by atoms with Gasteiger partial charge in [0.2, 0.25) is 6.29 Å². The fraction of sp³-hybridized carbons (Fsp3) is 0.556. The zero-order valence-electron chi connectivity index (χ0n) is 15.0. The van der Waals surface area contributed by atoms with Crippen LogP contribution in [0.4, 0.5) is 0 Å². The van der Waals surface area contributed by atoms with Gasteiger partial charge < -0.3 is 14.8 Å². The van der Waals surface area contributed by atoms with E-state index in [1.165, 1.54) is 6.92 Å². The van der Waals surface area contributed by atoms with E-state index in [0.29, 0.717) is 18.0 Å². The molecule has 136 valence electrons. The lowest BCUT2D eigenvalue weighted by Gasteiger charge is -2.16. The SMILES string of the molecule is Cc1ccc(C(=O)NCC2CC2)nc1C(=O)OC(C)OC(=O)C(C)C. The molecule has 0 aromatic carbocycles. The third kappa shape index (κ3) is 5.55. The van der Waals surface area contributed by atoms with E-state index in [0.717, 1.165) is 12.8 Å². The van der Waals surface area contributed by atoms with Crippen molar-refractivity contribution in [1.29, 1.82) is 0 Å². The number of esters is 2. The molecule has 0 bridgehead atoms. The van der Waals surface area contributed by atoms with Crippen molar-refractivity contribution in [2.45, 2.75) is 46.8 Å². The molecule has 1 N–H and O–H groups in total. The summed E-state index contributed by atoms with van der Waals surface area (Å²) < 4.78 is 10.1. The Hall–Kier alpha value is -2.44. The third-order valence-electron chi connectivity index (χ3n) is 3.80. The van der Waals surface area contributed by atoms with E-state index in [9.17, 15) is 14.4 Å². The van der Waals surface area contributed by atoms with Crippen LogP contribution in [-0.2, 0) is 14.3 Å². The number of hydrogen-bond acceptors (Lipinski definition) is 6. The van der Waals surface area contributed by atoms with Crippen LogP contribution in [0.2, 0.25) is 0 Å². The maximum Gasteiger partial charge on any atom is 0.360 e. The van der Waals surface area contributed by atoms with E-state index in [4.69, 9.17) is 9.47 Å². The summed E-state index contributed by atoms with van der Waals surface area (Å²) in [5.41, 5.74) is 0.766. The van der Waals surface area contributed by atoms with Gasteiger partial charge in [-0.15, -0.1) is 0 Å². The minimum absolute atomic E-state index is 0.0338.